The molecule has 2 heterocycles. The molecule has 6 nitrogen and oxygen atoms in total. The van der Waals surface area contributed by atoms with Crippen LogP contribution in [-0.4, -0.2) is 41.3 Å². The van der Waals surface area contributed by atoms with E-state index in [0.717, 1.165) is 5.75 Å². The highest BCUT2D eigenvalue weighted by molar-refractivity contribution is 8.00. The molecular weight excluding hydrogens is 284 g/mol. The molecule has 0 spiro atoms. The molecule has 0 saturated carbocycles. The van der Waals surface area contributed by atoms with Gasteiger partial charge >= 0.3 is 0 Å². The highest BCUT2D eigenvalue weighted by atomic mass is 32.2. The van der Waals surface area contributed by atoms with Crippen LogP contribution in [0, 0.1) is 0 Å². The van der Waals surface area contributed by atoms with Gasteiger partial charge in [-0.1, -0.05) is 6.92 Å². The van der Waals surface area contributed by atoms with Crippen LogP contribution in [0.15, 0.2) is 23.2 Å². The Morgan fingerprint density at radius 1 is 1.47 bits per heavy atom. The summed E-state index contributed by atoms with van der Waals surface area (Å²) in [5, 5.41) is 0.293. The van der Waals surface area contributed by atoms with Gasteiger partial charge in [0.25, 0.3) is 0 Å². The SMILES string of the molecule is CC1SCCN(S(=O)(=O)c2ccc(NN)nc2)C1C. The van der Waals surface area contributed by atoms with E-state index in [9.17, 15) is 8.42 Å². The number of hydrogen-bond acceptors (Lipinski definition) is 6. The van der Waals surface area contributed by atoms with Gasteiger partial charge in [0.1, 0.15) is 10.7 Å². The first-order valence-electron chi connectivity index (χ1n) is 6.03. The molecule has 106 valence electrons. The summed E-state index contributed by atoms with van der Waals surface area (Å²) in [5.74, 6) is 6.48. The van der Waals surface area contributed by atoms with Crippen molar-refractivity contribution >= 4 is 27.6 Å². The van der Waals surface area contributed by atoms with Crippen molar-refractivity contribution in [3.05, 3.63) is 18.3 Å². The normalized spacial score (nSPS) is 25.2. The molecule has 1 saturated heterocycles. The van der Waals surface area contributed by atoms with E-state index < -0.39 is 10.0 Å². The van der Waals surface area contributed by atoms with Gasteiger partial charge in [-0.2, -0.15) is 16.1 Å². The number of rotatable bonds is 3. The summed E-state index contributed by atoms with van der Waals surface area (Å²) in [6.45, 7) is 4.53. The van der Waals surface area contributed by atoms with Gasteiger partial charge in [-0.05, 0) is 19.1 Å². The number of hydrazine groups is 1. The van der Waals surface area contributed by atoms with Gasteiger partial charge in [0.15, 0.2) is 0 Å². The minimum Gasteiger partial charge on any atom is -0.308 e. The number of nitrogens with one attached hydrogen (secondary N) is 1. The second kappa shape index (κ2) is 5.66. The summed E-state index contributed by atoms with van der Waals surface area (Å²) in [6.07, 6.45) is 1.34. The molecule has 2 rings (SSSR count). The van der Waals surface area contributed by atoms with Crippen molar-refractivity contribution in [1.29, 1.82) is 0 Å². The van der Waals surface area contributed by atoms with Crippen LogP contribution in [0.25, 0.3) is 0 Å². The molecular formula is C11H18N4O2S2. The van der Waals surface area contributed by atoms with E-state index in [2.05, 4.69) is 17.3 Å². The number of nitrogens with two attached hydrogens (primary N) is 1. The summed E-state index contributed by atoms with van der Waals surface area (Å²) < 4.78 is 26.7. The van der Waals surface area contributed by atoms with E-state index in [1.165, 1.54) is 12.3 Å². The molecule has 0 aromatic carbocycles. The van der Waals surface area contributed by atoms with E-state index in [4.69, 9.17) is 5.84 Å². The van der Waals surface area contributed by atoms with Gasteiger partial charge in [-0.15, -0.1) is 0 Å². The van der Waals surface area contributed by atoms with Crippen molar-refractivity contribution in [2.75, 3.05) is 17.7 Å². The van der Waals surface area contributed by atoms with Crippen molar-refractivity contribution in [2.45, 2.75) is 30.0 Å². The lowest BCUT2D eigenvalue weighted by Crippen LogP contribution is -2.47. The molecule has 2 unspecified atom stereocenters. The van der Waals surface area contributed by atoms with Crippen molar-refractivity contribution < 1.29 is 8.42 Å². The van der Waals surface area contributed by atoms with E-state index in [1.807, 2.05) is 6.92 Å². The van der Waals surface area contributed by atoms with Crippen LogP contribution < -0.4 is 11.3 Å². The largest absolute Gasteiger partial charge is 0.308 e. The lowest BCUT2D eigenvalue weighted by Gasteiger charge is -2.36. The summed E-state index contributed by atoms with van der Waals surface area (Å²) in [7, 11) is -3.48. The molecule has 0 bridgehead atoms. The lowest BCUT2D eigenvalue weighted by atomic mass is 10.2. The number of hydrogen-bond donors (Lipinski definition) is 2. The molecule has 0 amide bonds. The zero-order valence-electron chi connectivity index (χ0n) is 10.9. The van der Waals surface area contributed by atoms with Crippen LogP contribution >= 0.6 is 11.8 Å². The maximum absolute atomic E-state index is 12.6. The van der Waals surface area contributed by atoms with Gasteiger partial charge in [0.05, 0.1) is 0 Å². The summed E-state index contributed by atoms with van der Waals surface area (Å²) in [5.41, 5.74) is 2.38. The minimum absolute atomic E-state index is 0.0175. The standard InChI is InChI=1S/C11H18N4O2S2/c1-8-9(2)18-6-5-15(8)19(16,17)10-3-4-11(14-12)13-7-10/h3-4,7-9H,5-6,12H2,1-2H3,(H,13,14). The third-order valence-electron chi connectivity index (χ3n) is 3.32. The highest BCUT2D eigenvalue weighted by Crippen LogP contribution is 2.29. The van der Waals surface area contributed by atoms with Crippen LogP contribution in [0.5, 0.6) is 0 Å². The molecule has 8 heteroatoms. The van der Waals surface area contributed by atoms with Crippen molar-refractivity contribution in [2.24, 2.45) is 5.84 Å². The number of aromatic nitrogens is 1. The van der Waals surface area contributed by atoms with E-state index in [1.54, 1.807) is 22.1 Å². The number of thioether (sulfide) groups is 1. The second-order valence-corrected chi connectivity index (χ2v) is 7.83. The second-order valence-electron chi connectivity index (χ2n) is 4.46. The van der Waals surface area contributed by atoms with Gasteiger partial charge in [0, 0.05) is 29.8 Å². The zero-order valence-corrected chi connectivity index (χ0v) is 12.5. The predicted octanol–water partition coefficient (Wildman–Crippen LogP) is 0.882. The number of nitrogens with zero attached hydrogens (tertiary/aromatic N) is 2. The van der Waals surface area contributed by atoms with Crippen LogP contribution in [0.1, 0.15) is 13.8 Å². The van der Waals surface area contributed by atoms with Gasteiger partial charge in [-0.25, -0.2) is 19.2 Å². The number of nitrogen functional groups attached to an aromatic ring is 1. The summed E-state index contributed by atoms with van der Waals surface area (Å²) >= 11 is 1.80. The maximum atomic E-state index is 12.6. The Labute approximate surface area is 117 Å². The number of anilines is 1. The van der Waals surface area contributed by atoms with Crippen LogP contribution in [0.2, 0.25) is 0 Å². The van der Waals surface area contributed by atoms with Gasteiger partial charge in [-0.3, -0.25) is 0 Å². The third kappa shape index (κ3) is 2.86. The lowest BCUT2D eigenvalue weighted by molar-refractivity contribution is 0.340. The molecule has 3 N–H and O–H groups in total. The average molecular weight is 302 g/mol. The van der Waals surface area contributed by atoms with Gasteiger partial charge in [0.2, 0.25) is 10.0 Å². The molecule has 0 radical (unpaired) electrons. The molecule has 2 atom stereocenters. The predicted molar refractivity (Wildman–Crippen MR) is 77.3 cm³/mol. The topological polar surface area (TPSA) is 88.3 Å². The van der Waals surface area contributed by atoms with Crippen LogP contribution in [-0.2, 0) is 10.0 Å². The first-order chi connectivity index (χ1) is 8.96. The molecule has 1 aromatic rings. The number of pyridine rings is 1. The van der Waals surface area contributed by atoms with Gasteiger partial charge < -0.3 is 5.43 Å². The fraction of sp³-hybridized carbons (Fsp3) is 0.545. The van der Waals surface area contributed by atoms with Crippen molar-refractivity contribution in [3.8, 4) is 0 Å². The Morgan fingerprint density at radius 2 is 2.21 bits per heavy atom. The quantitative estimate of drug-likeness (QED) is 0.636. The summed E-state index contributed by atoms with van der Waals surface area (Å²) in [6, 6.07) is 3.06. The first-order valence-corrected chi connectivity index (χ1v) is 8.52. The minimum atomic E-state index is -3.48. The molecule has 1 aliphatic heterocycles. The van der Waals surface area contributed by atoms with Crippen molar-refractivity contribution in [3.63, 3.8) is 0 Å². The van der Waals surface area contributed by atoms with E-state index in [-0.39, 0.29) is 10.9 Å². The molecule has 1 fully saturated rings. The van der Waals surface area contributed by atoms with Crippen LogP contribution in [0.3, 0.4) is 0 Å². The fourth-order valence-corrected chi connectivity index (χ4v) is 4.94. The van der Waals surface area contributed by atoms with E-state index in [0.29, 0.717) is 17.6 Å². The fourth-order valence-electron chi connectivity index (χ4n) is 2.00. The molecule has 1 aromatic heterocycles. The Kier molecular flexibility index (Phi) is 4.34. The zero-order chi connectivity index (χ0) is 14.0. The Balaban J connectivity index is 2.30. The number of sulfonamides is 1. The first kappa shape index (κ1) is 14.6. The summed E-state index contributed by atoms with van der Waals surface area (Å²) in [4.78, 5) is 4.16. The maximum Gasteiger partial charge on any atom is 0.244 e. The van der Waals surface area contributed by atoms with E-state index >= 15 is 0 Å². The van der Waals surface area contributed by atoms with Crippen molar-refractivity contribution in [1.82, 2.24) is 9.29 Å². The molecule has 0 aliphatic carbocycles. The molecule has 1 aliphatic rings. The average Bonchev–Trinajstić information content (AvgIpc) is 2.41. The smallest absolute Gasteiger partial charge is 0.244 e. The Hall–Kier alpha value is -0.830. The monoisotopic (exact) mass is 302 g/mol. The Bertz CT molecular complexity index is 532. The third-order valence-corrected chi connectivity index (χ3v) is 6.62. The molecule has 19 heavy (non-hydrogen) atoms. The Morgan fingerprint density at radius 3 is 2.79 bits per heavy atom. The van der Waals surface area contributed by atoms with Crippen LogP contribution in [0.4, 0.5) is 5.82 Å². The highest BCUT2D eigenvalue weighted by Gasteiger charge is 2.34.